The van der Waals surface area contributed by atoms with E-state index in [0.29, 0.717) is 4.77 Å². The maximum atomic E-state index is 5.27. The maximum Gasteiger partial charge on any atom is 0.230 e. The van der Waals surface area contributed by atoms with Crippen LogP contribution < -0.4 is 4.90 Å². The highest BCUT2D eigenvalue weighted by molar-refractivity contribution is 7.71. The molecular weight excluding hydrogens is 256 g/mol. The summed E-state index contributed by atoms with van der Waals surface area (Å²) in [6, 6.07) is 10.3. The normalized spacial score (nSPS) is 10.6. The van der Waals surface area contributed by atoms with Gasteiger partial charge in [0, 0.05) is 18.8 Å². The number of nitrogens with zero attached hydrogens (tertiary/aromatic N) is 3. The molecular formula is C14H20N4S. The van der Waals surface area contributed by atoms with Gasteiger partial charge in [-0.2, -0.15) is 0 Å². The second kappa shape index (κ2) is 6.52. The SMILES string of the molecule is CCCCN(c1ccccc1)c1n[nH]c(=S)n1CC. The third kappa shape index (κ3) is 3.04. The van der Waals surface area contributed by atoms with E-state index in [4.69, 9.17) is 12.2 Å². The first kappa shape index (κ1) is 13.8. The molecule has 0 fully saturated rings. The summed E-state index contributed by atoms with van der Waals surface area (Å²) in [6.07, 6.45) is 2.28. The van der Waals surface area contributed by atoms with Crippen LogP contribution in [0.1, 0.15) is 26.7 Å². The number of H-pyrrole nitrogens is 1. The van der Waals surface area contributed by atoms with Gasteiger partial charge in [0.05, 0.1) is 0 Å². The number of para-hydroxylation sites is 1. The predicted octanol–water partition coefficient (Wildman–Crippen LogP) is 3.90. The zero-order valence-electron chi connectivity index (χ0n) is 11.5. The Bertz CT molecular complexity index is 558. The van der Waals surface area contributed by atoms with Gasteiger partial charge in [0.15, 0.2) is 4.77 Å². The average molecular weight is 276 g/mol. The number of hydrogen-bond donors (Lipinski definition) is 1. The van der Waals surface area contributed by atoms with Crippen molar-refractivity contribution in [2.75, 3.05) is 11.4 Å². The molecule has 0 amide bonds. The Hall–Kier alpha value is -1.62. The molecule has 0 atom stereocenters. The fourth-order valence-corrected chi connectivity index (χ4v) is 2.33. The molecule has 0 spiro atoms. The van der Waals surface area contributed by atoms with Crippen LogP contribution in [0.15, 0.2) is 30.3 Å². The van der Waals surface area contributed by atoms with E-state index in [9.17, 15) is 0 Å². The number of nitrogens with one attached hydrogen (secondary N) is 1. The molecule has 1 heterocycles. The van der Waals surface area contributed by atoms with E-state index in [1.807, 2.05) is 22.8 Å². The van der Waals surface area contributed by atoms with E-state index in [1.54, 1.807) is 0 Å². The lowest BCUT2D eigenvalue weighted by molar-refractivity contribution is 0.708. The number of aromatic nitrogens is 3. The number of rotatable bonds is 6. The van der Waals surface area contributed by atoms with Gasteiger partial charge in [0.2, 0.25) is 5.95 Å². The van der Waals surface area contributed by atoms with Gasteiger partial charge in [0.25, 0.3) is 0 Å². The van der Waals surface area contributed by atoms with Gasteiger partial charge in [-0.05, 0) is 37.7 Å². The summed E-state index contributed by atoms with van der Waals surface area (Å²) in [7, 11) is 0. The van der Waals surface area contributed by atoms with Crippen LogP contribution in [0.2, 0.25) is 0 Å². The number of unbranched alkanes of at least 4 members (excludes halogenated alkanes) is 1. The quantitative estimate of drug-likeness (QED) is 0.813. The van der Waals surface area contributed by atoms with Gasteiger partial charge >= 0.3 is 0 Å². The molecule has 0 saturated carbocycles. The zero-order valence-corrected chi connectivity index (χ0v) is 12.3. The molecule has 102 valence electrons. The highest BCUT2D eigenvalue weighted by Gasteiger charge is 2.15. The van der Waals surface area contributed by atoms with Crippen molar-refractivity contribution in [1.82, 2.24) is 14.8 Å². The molecule has 0 saturated heterocycles. The Labute approximate surface area is 119 Å². The van der Waals surface area contributed by atoms with Crippen LogP contribution in [0.4, 0.5) is 11.6 Å². The van der Waals surface area contributed by atoms with E-state index in [-0.39, 0.29) is 0 Å². The van der Waals surface area contributed by atoms with Crippen molar-refractivity contribution in [2.45, 2.75) is 33.2 Å². The number of aromatic amines is 1. The molecule has 0 radical (unpaired) electrons. The van der Waals surface area contributed by atoms with E-state index < -0.39 is 0 Å². The lowest BCUT2D eigenvalue weighted by Crippen LogP contribution is -2.22. The van der Waals surface area contributed by atoms with E-state index >= 15 is 0 Å². The largest absolute Gasteiger partial charge is 0.311 e. The molecule has 2 aromatic rings. The minimum absolute atomic E-state index is 0.676. The van der Waals surface area contributed by atoms with Gasteiger partial charge in [-0.3, -0.25) is 4.57 Å². The molecule has 1 N–H and O–H groups in total. The molecule has 0 bridgehead atoms. The summed E-state index contributed by atoms with van der Waals surface area (Å²) in [5, 5.41) is 7.28. The van der Waals surface area contributed by atoms with E-state index in [2.05, 4.69) is 41.1 Å². The summed E-state index contributed by atoms with van der Waals surface area (Å²) < 4.78 is 2.70. The first-order valence-corrected chi connectivity index (χ1v) is 7.16. The topological polar surface area (TPSA) is 36.9 Å². The van der Waals surface area contributed by atoms with Gasteiger partial charge < -0.3 is 4.90 Å². The third-order valence-electron chi connectivity index (χ3n) is 3.10. The van der Waals surface area contributed by atoms with Crippen LogP contribution in [-0.2, 0) is 6.54 Å². The van der Waals surface area contributed by atoms with Crippen molar-refractivity contribution in [3.05, 3.63) is 35.1 Å². The highest BCUT2D eigenvalue weighted by Crippen LogP contribution is 2.23. The Balaban J connectivity index is 2.40. The van der Waals surface area contributed by atoms with Gasteiger partial charge in [-0.1, -0.05) is 31.5 Å². The van der Waals surface area contributed by atoms with Crippen molar-refractivity contribution in [2.24, 2.45) is 0 Å². The van der Waals surface area contributed by atoms with Crippen molar-refractivity contribution in [3.63, 3.8) is 0 Å². The molecule has 0 aliphatic rings. The average Bonchev–Trinajstić information content (AvgIpc) is 2.81. The molecule has 0 unspecified atom stereocenters. The van der Waals surface area contributed by atoms with Crippen molar-refractivity contribution in [1.29, 1.82) is 0 Å². The van der Waals surface area contributed by atoms with Crippen LogP contribution >= 0.6 is 12.2 Å². The van der Waals surface area contributed by atoms with Crippen molar-refractivity contribution >= 4 is 23.9 Å². The van der Waals surface area contributed by atoms with Crippen molar-refractivity contribution < 1.29 is 0 Å². The molecule has 1 aromatic heterocycles. The third-order valence-corrected chi connectivity index (χ3v) is 3.41. The monoisotopic (exact) mass is 276 g/mol. The summed E-state index contributed by atoms with van der Waals surface area (Å²) in [6.45, 7) is 6.04. The highest BCUT2D eigenvalue weighted by atomic mass is 32.1. The summed E-state index contributed by atoms with van der Waals surface area (Å²) >= 11 is 5.27. The Morgan fingerprint density at radius 2 is 2.00 bits per heavy atom. The maximum absolute atomic E-state index is 5.27. The second-order valence-electron chi connectivity index (χ2n) is 4.41. The van der Waals surface area contributed by atoms with E-state index in [0.717, 1.165) is 37.6 Å². The molecule has 19 heavy (non-hydrogen) atoms. The lowest BCUT2D eigenvalue weighted by Gasteiger charge is -2.23. The fourth-order valence-electron chi connectivity index (χ4n) is 2.07. The Morgan fingerprint density at radius 3 is 2.63 bits per heavy atom. The minimum atomic E-state index is 0.676. The van der Waals surface area contributed by atoms with Gasteiger partial charge in [-0.15, -0.1) is 5.10 Å². The lowest BCUT2D eigenvalue weighted by atomic mass is 10.2. The number of benzene rings is 1. The minimum Gasteiger partial charge on any atom is -0.311 e. The number of anilines is 2. The van der Waals surface area contributed by atoms with Crippen LogP contribution in [0.3, 0.4) is 0 Å². The second-order valence-corrected chi connectivity index (χ2v) is 4.80. The Morgan fingerprint density at radius 1 is 1.26 bits per heavy atom. The molecule has 0 aliphatic carbocycles. The molecule has 4 nitrogen and oxygen atoms in total. The molecule has 2 rings (SSSR count). The Kier molecular flexibility index (Phi) is 4.74. The standard InChI is InChI=1S/C14H20N4S/c1-3-5-11-18(12-9-7-6-8-10-12)13-15-16-14(19)17(13)4-2/h6-10H,3-5,11H2,1-2H3,(H,16,19). The van der Waals surface area contributed by atoms with E-state index in [1.165, 1.54) is 0 Å². The first-order valence-electron chi connectivity index (χ1n) is 6.75. The van der Waals surface area contributed by atoms with Gasteiger partial charge in [0.1, 0.15) is 0 Å². The van der Waals surface area contributed by atoms with Gasteiger partial charge in [-0.25, -0.2) is 5.10 Å². The van der Waals surface area contributed by atoms with Crippen LogP contribution in [-0.4, -0.2) is 21.3 Å². The number of hydrogen-bond acceptors (Lipinski definition) is 3. The predicted molar refractivity (Wildman–Crippen MR) is 81.4 cm³/mol. The smallest absolute Gasteiger partial charge is 0.230 e. The van der Waals surface area contributed by atoms with Crippen molar-refractivity contribution in [3.8, 4) is 0 Å². The fraction of sp³-hybridized carbons (Fsp3) is 0.429. The molecule has 0 aliphatic heterocycles. The summed E-state index contributed by atoms with van der Waals surface area (Å²) in [5.74, 6) is 0.896. The first-order chi connectivity index (χ1) is 9.27. The van der Waals surface area contributed by atoms with Crippen LogP contribution in [0, 0.1) is 4.77 Å². The summed E-state index contributed by atoms with van der Waals surface area (Å²) in [4.78, 5) is 2.22. The molecule has 1 aromatic carbocycles. The molecule has 5 heteroatoms. The van der Waals surface area contributed by atoms with Crippen LogP contribution in [0.25, 0.3) is 0 Å². The summed E-state index contributed by atoms with van der Waals surface area (Å²) in [5.41, 5.74) is 1.15. The van der Waals surface area contributed by atoms with Crippen LogP contribution in [0.5, 0.6) is 0 Å². The zero-order chi connectivity index (χ0) is 13.7.